The molecule has 1 saturated carbocycles. The number of benzene rings is 2. The molecule has 121 heavy (non-hydrogen) atoms. The second kappa shape index (κ2) is 49.2. The van der Waals surface area contributed by atoms with Gasteiger partial charge in [0.15, 0.2) is 29.0 Å². The normalized spacial score (nSPS) is 21.8. The fraction of sp³-hybridized carbons (Fsp3) is 0.584. The number of hydrogen-bond donors (Lipinski definition) is 8. The number of carbonyl (C=O) groups excluding carboxylic acids is 9. The number of Topliss-reactive ketones (excluding diaryl/α,β-unsaturated/α-hetero) is 2. The van der Waals surface area contributed by atoms with E-state index in [-0.39, 0.29) is 125 Å². The Balaban J connectivity index is 0.705. The van der Waals surface area contributed by atoms with Gasteiger partial charge in [0.2, 0.25) is 29.5 Å². The third kappa shape index (κ3) is 31.4. The molecule has 3 fully saturated rings. The third-order valence-electron chi connectivity index (χ3n) is 19.5. The molecule has 7 amide bonds. The van der Waals surface area contributed by atoms with Gasteiger partial charge >= 0.3 is 19.6 Å². The first-order valence-electron chi connectivity index (χ1n) is 39.5. The molecule has 7 N–H and O–H groups in total. The van der Waals surface area contributed by atoms with Crippen LogP contribution in [0, 0.1) is 17.8 Å². The van der Waals surface area contributed by atoms with Crippen LogP contribution >= 0.6 is 25.8 Å². The predicted octanol–water partition coefficient (Wildman–Crippen LogP) is 3.81. The first kappa shape index (κ1) is 96.5. The van der Waals surface area contributed by atoms with Crippen molar-refractivity contribution < 1.29 is 128 Å². The summed E-state index contributed by atoms with van der Waals surface area (Å²) < 4.78 is 99.9. The Labute approximate surface area is 708 Å². The molecule has 2 aromatic carbocycles. The summed E-state index contributed by atoms with van der Waals surface area (Å²) in [5.74, 6) is -6.28. The number of amides is 7. The van der Waals surface area contributed by atoms with Gasteiger partial charge in [-0.05, 0) is 73.1 Å². The summed E-state index contributed by atoms with van der Waals surface area (Å²) >= 11 is 9.64. The Kier molecular flexibility index (Phi) is 39.3. The fourth-order valence-corrected chi connectivity index (χ4v) is 16.0. The molecule has 3 aliphatic heterocycles. The molecule has 0 spiro atoms. The molecule has 5 aromatic rings. The lowest BCUT2D eigenvalue weighted by Gasteiger charge is -2.27. The molecule has 44 heteroatoms. The molecule has 2 bridgehead atoms. The van der Waals surface area contributed by atoms with Gasteiger partial charge in [0.05, 0.1) is 137 Å². The first-order chi connectivity index (χ1) is 58.1. The second-order valence-corrected chi connectivity index (χ2v) is 34.5. The number of anilines is 1. The summed E-state index contributed by atoms with van der Waals surface area (Å²) in [5.41, 5.74) is 0.339. The molecule has 4 aliphatic rings. The number of rotatable bonds is 50. The minimum atomic E-state index is -4.40. The number of thiol groups is 1. The van der Waals surface area contributed by atoms with Crippen LogP contribution in [0.25, 0.3) is 11.2 Å². The van der Waals surface area contributed by atoms with Crippen molar-refractivity contribution in [3.63, 3.8) is 0 Å². The largest absolute Gasteiger partial charge is 0.474 e. The van der Waals surface area contributed by atoms with Gasteiger partial charge < -0.3 is 96.5 Å². The number of aromatic nitrogens is 6. The standard InChI is InChI=1S/C77H106N12O28P2S2/c1-49(2)57(41-60(91)58(12-8-9-21-79-64(93)43-88-66(94)17-18-67(88)95)83-63(92)20-23-104-26-27-106-30-31-108-34-35-110-37-36-109-33-32-107-29-28-105-25-24-103-5)73(98)82-50(3)59(90)38-51-13-15-52(16-14-51)44-111-77(100)87(4)42-53-10-6-7-11-56(53)72(97)85-76-84-71-68(74(99)86-76)81-48-89(71)75-70-69(96)62(115-75)46-113-118(101,120)116-61-40-55(114-65-19-22-78-47-80-65)39-54(61)45-112-119(102,121)117-70/h6-7,10-11,13-19,22,47-50,54-55,57-58,61-62,69-70,75,96H,8-9,12,20-21,23-46H2,1-5H3,(H,79,93)(H,82,98)(H,83,92)(H,101,120)(H,102,121)(H2,84,85,86,97,99)/t50-,54+,55+,57-,58-,61-,62+,69+,70+,75+,118?,119?/m0/s1. The topological polar surface area (TPSA) is 494 Å². The average Bonchev–Trinajstić information content (AvgIpc) is 1.60. The van der Waals surface area contributed by atoms with Crippen LogP contribution in [0.3, 0.4) is 0 Å². The van der Waals surface area contributed by atoms with Crippen LogP contribution in [0.1, 0.15) is 99.0 Å². The van der Waals surface area contributed by atoms with Crippen LogP contribution in [0.5, 0.6) is 5.88 Å². The van der Waals surface area contributed by atoms with E-state index in [2.05, 4.69) is 58.4 Å². The lowest BCUT2D eigenvalue weighted by molar-refractivity contribution is -0.141. The molecule has 12 atom stereocenters. The molecular weight excluding hydrogens is 1670 g/mol. The molecule has 0 radical (unpaired) electrons. The lowest BCUT2D eigenvalue weighted by atomic mass is 9.86. The van der Waals surface area contributed by atoms with Gasteiger partial charge in [-0.15, -0.1) is 0 Å². The Morgan fingerprint density at radius 1 is 0.752 bits per heavy atom. The highest BCUT2D eigenvalue weighted by Gasteiger charge is 2.51. The second-order valence-electron chi connectivity index (χ2n) is 28.9. The highest BCUT2D eigenvalue weighted by Crippen LogP contribution is 2.59. The Morgan fingerprint density at radius 2 is 1.39 bits per heavy atom. The van der Waals surface area contributed by atoms with E-state index in [0.717, 1.165) is 23.4 Å². The monoisotopic (exact) mass is 1770 g/mol. The average molecular weight is 1770 g/mol. The number of imide groups is 1. The van der Waals surface area contributed by atoms with Crippen molar-refractivity contribution in [2.45, 2.75) is 134 Å². The van der Waals surface area contributed by atoms with Crippen molar-refractivity contribution >= 4 is 108 Å². The number of aliphatic hydroxyl groups is 1. The number of aliphatic hydroxyl groups excluding tert-OH is 1. The van der Waals surface area contributed by atoms with Crippen molar-refractivity contribution in [3.8, 4) is 5.88 Å². The number of aromatic amines is 1. The molecule has 2 unspecified atom stereocenters. The van der Waals surface area contributed by atoms with Crippen molar-refractivity contribution in [2.75, 3.05) is 145 Å². The van der Waals surface area contributed by atoms with E-state index in [4.69, 9.17) is 82.0 Å². The Morgan fingerprint density at radius 3 is 2.02 bits per heavy atom. The van der Waals surface area contributed by atoms with Gasteiger partial charge in [0.1, 0.15) is 43.9 Å². The number of ketones is 2. The zero-order chi connectivity index (χ0) is 86.9. The van der Waals surface area contributed by atoms with Crippen LogP contribution in [0.15, 0.2) is 90.4 Å². The minimum absolute atomic E-state index is 0.0131. The summed E-state index contributed by atoms with van der Waals surface area (Å²) in [6, 6.07) is 12.5. The maximum atomic E-state index is 14.2. The Hall–Kier alpha value is -8.33. The van der Waals surface area contributed by atoms with E-state index in [1.807, 2.05) is 0 Å². The van der Waals surface area contributed by atoms with Crippen LogP contribution in [-0.2, 0) is 135 Å². The highest BCUT2D eigenvalue weighted by atomic mass is 32.7. The highest BCUT2D eigenvalue weighted by molar-refractivity contribution is 8.44. The summed E-state index contributed by atoms with van der Waals surface area (Å²) in [4.78, 5) is 165. The number of fused-ring (bicyclic) bond motifs is 4. The molecule has 9 rings (SSSR count). The maximum absolute atomic E-state index is 14.2. The lowest BCUT2D eigenvalue weighted by Crippen LogP contribution is -2.46. The summed E-state index contributed by atoms with van der Waals surface area (Å²) in [5, 5.41) is 22.5. The van der Waals surface area contributed by atoms with Crippen LogP contribution in [-0.4, -0.2) is 285 Å². The van der Waals surface area contributed by atoms with Gasteiger partial charge in [0, 0.05) is 94.7 Å². The smallest absolute Gasteiger partial charge is 0.410 e. The summed E-state index contributed by atoms with van der Waals surface area (Å²) in [6.45, 7) is 0.635. The third-order valence-corrected chi connectivity index (χ3v) is 22.7. The fourth-order valence-electron chi connectivity index (χ4n) is 13.0. The van der Waals surface area contributed by atoms with E-state index < -0.39 is 140 Å². The molecule has 6 heterocycles. The van der Waals surface area contributed by atoms with E-state index in [0.29, 0.717) is 109 Å². The van der Waals surface area contributed by atoms with Crippen molar-refractivity contribution in [2.24, 2.45) is 17.8 Å². The molecule has 3 aromatic heterocycles. The van der Waals surface area contributed by atoms with Crippen LogP contribution < -0.4 is 31.6 Å². The number of nitrogens with one attached hydrogen (secondary N) is 5. The van der Waals surface area contributed by atoms with E-state index in [9.17, 15) is 62.5 Å². The molecular formula is C77H106N12O28P2S2. The van der Waals surface area contributed by atoms with Crippen molar-refractivity contribution in [1.29, 1.82) is 0 Å². The quantitative estimate of drug-likeness (QED) is 0.0119. The molecule has 40 nitrogen and oxygen atoms in total. The van der Waals surface area contributed by atoms with Gasteiger partial charge in [0.25, 0.3) is 23.3 Å². The number of hydrogen-bond acceptors (Lipinski definition) is 32. The maximum Gasteiger partial charge on any atom is 0.410 e. The van der Waals surface area contributed by atoms with Gasteiger partial charge in [-0.1, -0.05) is 68.6 Å². The van der Waals surface area contributed by atoms with E-state index in [1.54, 1.807) is 69.5 Å². The molecule has 1 aliphatic carbocycles. The number of H-pyrrole nitrogens is 1. The number of methoxy groups -OCH3 is 1. The van der Waals surface area contributed by atoms with Gasteiger partial charge in [-0.25, -0.2) is 24.3 Å². The SMILES string of the molecule is COCCOCCOCCOCCOCCOCCOCCOCCC(=O)N[C@@H](CCCCNC(=O)CN1C(=O)C=CC1=O)C(=O)C[C@H](C(=O)N[C@@H](C)C(=O)Cc1ccc(COC(=O)N(C)Cc2ccccc2C(=O)Nc2nc3c(ncn3[C@@H]3O[C@@H]4COP(O)(=S)O[C@H]5C[C@H](Oc6ccncn6)C[C@@H]5COP(=O)(S)O[C@@H]3[C@@H]4O)c(=O)[nH]2)cc1)C(C)C. The summed E-state index contributed by atoms with van der Waals surface area (Å²) in [6.07, 6.45) is -1.11. The number of nitrogens with zero attached hydrogens (tertiary/aromatic N) is 7. The first-order valence-corrected chi connectivity index (χ1v) is 44.8. The zero-order valence-electron chi connectivity index (χ0n) is 67.8. The molecule has 664 valence electrons. The predicted molar refractivity (Wildman–Crippen MR) is 436 cm³/mol. The van der Waals surface area contributed by atoms with Gasteiger partial charge in [-0.2, -0.15) is 4.98 Å². The minimum Gasteiger partial charge on any atom is -0.474 e. The van der Waals surface area contributed by atoms with E-state index in [1.165, 1.54) is 42.0 Å². The molecule has 2 saturated heterocycles. The van der Waals surface area contributed by atoms with Crippen LogP contribution in [0.4, 0.5) is 10.7 Å². The van der Waals surface area contributed by atoms with E-state index >= 15 is 0 Å². The van der Waals surface area contributed by atoms with Gasteiger partial charge in [-0.3, -0.25) is 67.4 Å². The summed E-state index contributed by atoms with van der Waals surface area (Å²) in [7, 11) is 3.07. The Bertz CT molecular complexity index is 4420. The number of carbonyl (C=O) groups is 9. The van der Waals surface area contributed by atoms with Crippen molar-refractivity contribution in [3.05, 3.63) is 118 Å². The zero-order valence-corrected chi connectivity index (χ0v) is 71.3. The number of imidazole rings is 1. The number of ether oxygens (including phenoxy) is 11. The number of unbranched alkanes of at least 4 members (excludes halogenated alkanes) is 1. The van der Waals surface area contributed by atoms with Crippen LogP contribution in [0.2, 0.25) is 0 Å². The van der Waals surface area contributed by atoms with Crippen molar-refractivity contribution in [1.82, 2.24) is 55.2 Å².